The van der Waals surface area contributed by atoms with Gasteiger partial charge in [0.25, 0.3) is 5.91 Å². The van der Waals surface area contributed by atoms with Crippen LogP contribution in [0.15, 0.2) is 54.6 Å². The van der Waals surface area contributed by atoms with Gasteiger partial charge in [0.15, 0.2) is 0 Å². The number of carbonyl (C=O) groups is 3. The molecule has 4 rings (SSSR count). The molecule has 2 fully saturated rings. The third-order valence-corrected chi connectivity index (χ3v) is 6.03. The van der Waals surface area contributed by atoms with Gasteiger partial charge in [-0.05, 0) is 42.7 Å². The molecule has 6 nitrogen and oxygen atoms in total. The summed E-state index contributed by atoms with van der Waals surface area (Å²) in [4.78, 5) is 41.2. The Labute approximate surface area is 181 Å². The second-order valence-electron chi connectivity index (χ2n) is 8.24. The average molecular weight is 423 g/mol. The first kappa shape index (κ1) is 21.0. The van der Waals surface area contributed by atoms with Gasteiger partial charge >= 0.3 is 0 Å². The molecule has 1 N–H and O–H groups in total. The van der Waals surface area contributed by atoms with Crippen molar-refractivity contribution in [3.63, 3.8) is 0 Å². The molecule has 162 valence electrons. The molecule has 1 atom stereocenters. The molecular formula is C24H26FN3O3. The van der Waals surface area contributed by atoms with Crippen molar-refractivity contribution in [2.75, 3.05) is 19.6 Å². The minimum atomic E-state index is -0.379. The maximum atomic E-state index is 13.0. The summed E-state index contributed by atoms with van der Waals surface area (Å²) in [5, 5.41) is 2.96. The van der Waals surface area contributed by atoms with Crippen molar-refractivity contribution in [2.45, 2.75) is 31.8 Å². The summed E-state index contributed by atoms with van der Waals surface area (Å²) in [6.07, 6.45) is 1.58. The Morgan fingerprint density at radius 3 is 2.35 bits per heavy atom. The van der Waals surface area contributed by atoms with Gasteiger partial charge in [0.1, 0.15) is 5.82 Å². The molecule has 1 unspecified atom stereocenters. The number of piperidine rings is 1. The highest BCUT2D eigenvalue weighted by molar-refractivity contribution is 5.94. The van der Waals surface area contributed by atoms with Gasteiger partial charge in [0, 0.05) is 44.2 Å². The lowest BCUT2D eigenvalue weighted by molar-refractivity contribution is -0.136. The van der Waals surface area contributed by atoms with Crippen LogP contribution in [0, 0.1) is 11.7 Å². The number of halogens is 1. The maximum Gasteiger partial charge on any atom is 0.251 e. The van der Waals surface area contributed by atoms with Crippen LogP contribution in [0.5, 0.6) is 0 Å². The molecular weight excluding hydrogens is 397 g/mol. The minimum absolute atomic E-state index is 0.0173. The van der Waals surface area contributed by atoms with Crippen LogP contribution in [-0.4, -0.2) is 53.2 Å². The first-order valence-electron chi connectivity index (χ1n) is 10.7. The number of nitrogens with zero attached hydrogens (tertiary/aromatic N) is 2. The summed E-state index contributed by atoms with van der Waals surface area (Å²) >= 11 is 0. The molecule has 2 aliphatic heterocycles. The van der Waals surface area contributed by atoms with Crippen LogP contribution in [0.2, 0.25) is 0 Å². The number of nitrogens with one attached hydrogen (secondary N) is 1. The summed E-state index contributed by atoms with van der Waals surface area (Å²) in [5.74, 6) is -0.878. The fraction of sp³-hybridized carbons (Fsp3) is 0.375. The number of amides is 3. The van der Waals surface area contributed by atoms with E-state index < -0.39 is 0 Å². The lowest BCUT2D eigenvalue weighted by atomic mass is 10.0. The summed E-state index contributed by atoms with van der Waals surface area (Å²) in [6, 6.07) is 15.2. The Morgan fingerprint density at radius 2 is 1.68 bits per heavy atom. The fourth-order valence-corrected chi connectivity index (χ4v) is 4.27. The van der Waals surface area contributed by atoms with Crippen molar-refractivity contribution in [1.29, 1.82) is 0 Å². The van der Waals surface area contributed by atoms with Crippen molar-refractivity contribution >= 4 is 17.7 Å². The third kappa shape index (κ3) is 5.10. The molecule has 0 aromatic heterocycles. The molecule has 3 amide bonds. The topological polar surface area (TPSA) is 69.7 Å². The highest BCUT2D eigenvalue weighted by Gasteiger charge is 2.37. The summed E-state index contributed by atoms with van der Waals surface area (Å²) in [7, 11) is 0. The van der Waals surface area contributed by atoms with Gasteiger partial charge < -0.3 is 15.1 Å². The van der Waals surface area contributed by atoms with Gasteiger partial charge in [0.05, 0.1) is 5.92 Å². The van der Waals surface area contributed by atoms with Crippen LogP contribution in [0.4, 0.5) is 4.39 Å². The smallest absolute Gasteiger partial charge is 0.251 e. The molecule has 0 bridgehead atoms. The van der Waals surface area contributed by atoms with Crippen LogP contribution >= 0.6 is 0 Å². The standard InChI is InChI=1S/C24H26FN3O3/c25-20-8-6-18(7-9-20)23(30)26-21-10-12-27(13-11-21)24(31)19-14-22(29)28(16-19)15-17-4-2-1-3-5-17/h1-9,19,21H,10-16H2,(H,26,30). The molecule has 31 heavy (non-hydrogen) atoms. The van der Waals surface area contributed by atoms with E-state index in [1.807, 2.05) is 35.2 Å². The maximum absolute atomic E-state index is 13.0. The molecule has 2 saturated heterocycles. The fourth-order valence-electron chi connectivity index (χ4n) is 4.27. The zero-order valence-corrected chi connectivity index (χ0v) is 17.3. The van der Waals surface area contributed by atoms with Crippen LogP contribution in [0.25, 0.3) is 0 Å². The van der Waals surface area contributed by atoms with Crippen LogP contribution < -0.4 is 5.32 Å². The predicted octanol–water partition coefficient (Wildman–Crippen LogP) is 2.60. The van der Waals surface area contributed by atoms with Gasteiger partial charge in [-0.2, -0.15) is 0 Å². The van der Waals surface area contributed by atoms with E-state index in [-0.39, 0.29) is 41.9 Å². The van der Waals surface area contributed by atoms with Gasteiger partial charge in [-0.3, -0.25) is 14.4 Å². The molecule has 2 aromatic carbocycles. The second kappa shape index (κ2) is 9.29. The third-order valence-electron chi connectivity index (χ3n) is 6.03. The zero-order valence-electron chi connectivity index (χ0n) is 17.3. The zero-order chi connectivity index (χ0) is 21.8. The number of hydrogen-bond donors (Lipinski definition) is 1. The molecule has 0 aliphatic carbocycles. The van der Waals surface area contributed by atoms with E-state index in [9.17, 15) is 18.8 Å². The summed E-state index contributed by atoms with van der Waals surface area (Å²) in [6.45, 7) is 2.09. The van der Waals surface area contributed by atoms with Gasteiger partial charge in [-0.25, -0.2) is 4.39 Å². The average Bonchev–Trinajstić information content (AvgIpc) is 3.15. The van der Waals surface area contributed by atoms with Crippen molar-refractivity contribution in [3.8, 4) is 0 Å². The Bertz CT molecular complexity index is 940. The second-order valence-corrected chi connectivity index (χ2v) is 8.24. The van der Waals surface area contributed by atoms with Crippen molar-refractivity contribution in [3.05, 3.63) is 71.5 Å². The Morgan fingerprint density at radius 1 is 1.00 bits per heavy atom. The number of rotatable bonds is 5. The molecule has 7 heteroatoms. The lowest BCUT2D eigenvalue weighted by Gasteiger charge is -2.33. The van der Waals surface area contributed by atoms with Crippen molar-refractivity contribution < 1.29 is 18.8 Å². The molecule has 0 spiro atoms. The molecule has 2 heterocycles. The van der Waals surface area contributed by atoms with Crippen molar-refractivity contribution in [1.82, 2.24) is 15.1 Å². The first-order chi connectivity index (χ1) is 15.0. The van der Waals surface area contributed by atoms with E-state index >= 15 is 0 Å². The van der Waals surface area contributed by atoms with Gasteiger partial charge in [-0.15, -0.1) is 0 Å². The van der Waals surface area contributed by atoms with Gasteiger partial charge in [0.2, 0.25) is 11.8 Å². The predicted molar refractivity (Wildman–Crippen MR) is 113 cm³/mol. The lowest BCUT2D eigenvalue weighted by Crippen LogP contribution is -2.48. The highest BCUT2D eigenvalue weighted by atomic mass is 19.1. The van der Waals surface area contributed by atoms with Crippen LogP contribution in [0.1, 0.15) is 35.2 Å². The molecule has 2 aromatic rings. The minimum Gasteiger partial charge on any atom is -0.349 e. The Balaban J connectivity index is 1.26. The number of benzene rings is 2. The monoisotopic (exact) mass is 423 g/mol. The highest BCUT2D eigenvalue weighted by Crippen LogP contribution is 2.24. The first-order valence-corrected chi connectivity index (χ1v) is 10.7. The van der Waals surface area contributed by atoms with E-state index in [4.69, 9.17) is 0 Å². The van der Waals surface area contributed by atoms with E-state index in [0.717, 1.165) is 5.56 Å². The van der Waals surface area contributed by atoms with Crippen LogP contribution in [-0.2, 0) is 16.1 Å². The normalized spacial score (nSPS) is 19.5. The summed E-state index contributed by atoms with van der Waals surface area (Å²) in [5.41, 5.74) is 1.48. The van der Waals surface area contributed by atoms with Crippen molar-refractivity contribution in [2.24, 2.45) is 5.92 Å². The Hall–Kier alpha value is -3.22. The van der Waals surface area contributed by atoms with E-state index in [0.29, 0.717) is 44.6 Å². The number of carbonyl (C=O) groups excluding carboxylic acids is 3. The van der Waals surface area contributed by atoms with E-state index in [1.54, 1.807) is 4.90 Å². The SMILES string of the molecule is O=C(NC1CCN(C(=O)C2CC(=O)N(Cc3ccccc3)C2)CC1)c1ccc(F)cc1. The molecule has 2 aliphatic rings. The van der Waals surface area contributed by atoms with E-state index in [2.05, 4.69) is 5.32 Å². The molecule has 0 saturated carbocycles. The molecule has 0 radical (unpaired) electrons. The number of likely N-dealkylation sites (tertiary alicyclic amines) is 2. The largest absolute Gasteiger partial charge is 0.349 e. The number of hydrogen-bond acceptors (Lipinski definition) is 3. The van der Waals surface area contributed by atoms with E-state index in [1.165, 1.54) is 24.3 Å². The Kier molecular flexibility index (Phi) is 6.30. The van der Waals surface area contributed by atoms with Gasteiger partial charge in [-0.1, -0.05) is 30.3 Å². The van der Waals surface area contributed by atoms with Crippen LogP contribution in [0.3, 0.4) is 0 Å². The summed E-state index contributed by atoms with van der Waals surface area (Å²) < 4.78 is 13.0. The quantitative estimate of drug-likeness (QED) is 0.804.